The molecule has 2 rings (SSSR count). The molecule has 27 heavy (non-hydrogen) atoms. The number of nitrogens with two attached hydrogens (primary N) is 1. The van der Waals surface area contributed by atoms with Crippen molar-refractivity contribution in [2.45, 2.75) is 20.3 Å². The van der Waals surface area contributed by atoms with E-state index in [1.54, 1.807) is 48.5 Å². The van der Waals surface area contributed by atoms with Crippen LogP contribution in [-0.2, 0) is 9.59 Å². The zero-order valence-corrected chi connectivity index (χ0v) is 15.4. The van der Waals surface area contributed by atoms with Crippen LogP contribution in [0, 0.1) is 5.92 Å². The summed E-state index contributed by atoms with van der Waals surface area (Å²) < 4.78 is 0. The molecule has 0 aliphatic rings. The van der Waals surface area contributed by atoms with Crippen molar-refractivity contribution in [1.82, 2.24) is 0 Å². The van der Waals surface area contributed by atoms with Crippen LogP contribution in [0.15, 0.2) is 48.5 Å². The maximum absolute atomic E-state index is 12.1. The van der Waals surface area contributed by atoms with Crippen LogP contribution in [0.3, 0.4) is 0 Å². The summed E-state index contributed by atoms with van der Waals surface area (Å²) in [5.74, 6) is -0.511. The van der Waals surface area contributed by atoms with Gasteiger partial charge in [0.15, 0.2) is 0 Å². The van der Waals surface area contributed by atoms with Crippen molar-refractivity contribution in [3.05, 3.63) is 54.1 Å². The summed E-state index contributed by atoms with van der Waals surface area (Å²) in [5.41, 5.74) is 7.54. The molecule has 0 aliphatic carbocycles. The molecular weight excluding hydrogens is 344 g/mol. The van der Waals surface area contributed by atoms with Gasteiger partial charge in [-0.15, -0.1) is 0 Å². The fourth-order valence-electron chi connectivity index (χ4n) is 2.39. The molecule has 0 spiro atoms. The van der Waals surface area contributed by atoms with Gasteiger partial charge in [0.25, 0.3) is 0 Å². The number of rotatable bonds is 8. The lowest BCUT2D eigenvalue weighted by molar-refractivity contribution is -0.117. The van der Waals surface area contributed by atoms with Crippen LogP contribution in [0.2, 0.25) is 0 Å². The minimum absolute atomic E-state index is 0.0368. The van der Waals surface area contributed by atoms with Gasteiger partial charge >= 0.3 is 0 Å². The molecule has 2 aromatic carbocycles. The van der Waals surface area contributed by atoms with Gasteiger partial charge in [-0.1, -0.05) is 19.9 Å². The predicted octanol–water partition coefficient (Wildman–Crippen LogP) is 2.82. The summed E-state index contributed by atoms with van der Waals surface area (Å²) in [6.07, 6.45) is 0.459. The Kier molecular flexibility index (Phi) is 6.93. The van der Waals surface area contributed by atoms with E-state index in [0.717, 1.165) is 0 Å². The van der Waals surface area contributed by atoms with E-state index in [1.807, 2.05) is 13.8 Å². The van der Waals surface area contributed by atoms with Crippen molar-refractivity contribution in [3.63, 3.8) is 0 Å². The quantitative estimate of drug-likeness (QED) is 0.574. The highest BCUT2D eigenvalue weighted by Gasteiger charge is 2.07. The number of hydrogen-bond acceptors (Lipinski definition) is 4. The van der Waals surface area contributed by atoms with Crippen molar-refractivity contribution < 1.29 is 14.4 Å². The first-order valence-electron chi connectivity index (χ1n) is 8.67. The van der Waals surface area contributed by atoms with Crippen LogP contribution >= 0.6 is 0 Å². The zero-order valence-electron chi connectivity index (χ0n) is 15.4. The number of carbonyl (C=O) groups excluding carboxylic acids is 3. The highest BCUT2D eigenvalue weighted by atomic mass is 16.2. The molecule has 0 fully saturated rings. The topological polar surface area (TPSA) is 113 Å². The molecule has 0 bridgehead atoms. The molecule has 0 saturated heterocycles. The Morgan fingerprint density at radius 1 is 0.889 bits per heavy atom. The molecule has 7 nitrogen and oxygen atoms in total. The number of nitrogens with one attached hydrogen (secondary N) is 3. The van der Waals surface area contributed by atoms with Crippen molar-refractivity contribution in [1.29, 1.82) is 0 Å². The second kappa shape index (κ2) is 9.38. The lowest BCUT2D eigenvalue weighted by Crippen LogP contribution is -2.22. The van der Waals surface area contributed by atoms with Crippen LogP contribution in [0.4, 0.5) is 17.1 Å². The highest BCUT2D eigenvalue weighted by Crippen LogP contribution is 2.15. The van der Waals surface area contributed by atoms with Gasteiger partial charge in [-0.3, -0.25) is 14.4 Å². The van der Waals surface area contributed by atoms with Gasteiger partial charge in [-0.05, 0) is 48.4 Å². The number of benzene rings is 2. The Labute approximate surface area is 158 Å². The summed E-state index contributed by atoms with van der Waals surface area (Å²) in [4.78, 5) is 35.0. The van der Waals surface area contributed by atoms with E-state index < -0.39 is 5.91 Å². The van der Waals surface area contributed by atoms with Crippen LogP contribution in [0.1, 0.15) is 30.6 Å². The van der Waals surface area contributed by atoms with E-state index in [4.69, 9.17) is 5.73 Å². The number of primary amides is 1. The van der Waals surface area contributed by atoms with E-state index in [2.05, 4.69) is 16.0 Å². The molecule has 0 saturated carbocycles. The molecule has 7 heteroatoms. The Morgan fingerprint density at radius 2 is 1.48 bits per heavy atom. The SMILES string of the molecule is CC(C)CC(=O)Nc1ccc(NC(=O)CNc2cccc(C(N)=O)c2)cc1. The predicted molar refractivity (Wildman–Crippen MR) is 107 cm³/mol. The second-order valence-electron chi connectivity index (χ2n) is 6.57. The third kappa shape index (κ3) is 6.81. The maximum Gasteiger partial charge on any atom is 0.248 e. The van der Waals surface area contributed by atoms with Gasteiger partial charge in [-0.2, -0.15) is 0 Å². The molecular formula is C20H24N4O3. The smallest absolute Gasteiger partial charge is 0.248 e. The number of anilines is 3. The van der Waals surface area contributed by atoms with Crippen molar-refractivity contribution in [2.75, 3.05) is 22.5 Å². The number of carbonyl (C=O) groups is 3. The third-order valence-electron chi connectivity index (χ3n) is 3.65. The zero-order chi connectivity index (χ0) is 19.8. The molecule has 0 unspecified atom stereocenters. The fourth-order valence-corrected chi connectivity index (χ4v) is 2.39. The maximum atomic E-state index is 12.1. The van der Waals surface area contributed by atoms with Gasteiger partial charge < -0.3 is 21.7 Å². The summed E-state index contributed by atoms with van der Waals surface area (Å²) in [5, 5.41) is 8.51. The molecule has 3 amide bonds. The van der Waals surface area contributed by atoms with Crippen LogP contribution in [0.5, 0.6) is 0 Å². The Bertz CT molecular complexity index is 816. The third-order valence-corrected chi connectivity index (χ3v) is 3.65. The first-order chi connectivity index (χ1) is 12.8. The Balaban J connectivity index is 1.84. The van der Waals surface area contributed by atoms with E-state index in [1.165, 1.54) is 0 Å². The summed E-state index contributed by atoms with van der Waals surface area (Å²) in [6.45, 7) is 4.00. The number of hydrogen-bond donors (Lipinski definition) is 4. The minimum Gasteiger partial charge on any atom is -0.376 e. The molecule has 2 aromatic rings. The summed E-state index contributed by atoms with van der Waals surface area (Å²) in [7, 11) is 0. The lowest BCUT2D eigenvalue weighted by atomic mass is 10.1. The van der Waals surface area contributed by atoms with Crippen LogP contribution in [-0.4, -0.2) is 24.3 Å². The second-order valence-corrected chi connectivity index (χ2v) is 6.57. The molecule has 0 aromatic heterocycles. The van der Waals surface area contributed by atoms with Gasteiger partial charge in [-0.25, -0.2) is 0 Å². The van der Waals surface area contributed by atoms with E-state index >= 15 is 0 Å². The standard InChI is InChI=1S/C20H24N4O3/c1-13(2)10-18(25)23-15-6-8-16(9-7-15)24-19(26)12-22-17-5-3-4-14(11-17)20(21)27/h3-9,11,13,22H,10,12H2,1-2H3,(H2,21,27)(H,23,25)(H,24,26). The summed E-state index contributed by atoms with van der Waals surface area (Å²) >= 11 is 0. The molecule has 142 valence electrons. The van der Waals surface area contributed by atoms with Crippen LogP contribution < -0.4 is 21.7 Å². The van der Waals surface area contributed by atoms with E-state index in [-0.39, 0.29) is 18.4 Å². The van der Waals surface area contributed by atoms with E-state index in [0.29, 0.717) is 35.0 Å². The summed E-state index contributed by atoms with van der Waals surface area (Å²) in [6, 6.07) is 13.5. The molecule has 0 aliphatic heterocycles. The van der Waals surface area contributed by atoms with Crippen molar-refractivity contribution in [2.24, 2.45) is 11.7 Å². The van der Waals surface area contributed by atoms with Gasteiger partial charge in [0.1, 0.15) is 0 Å². The number of amides is 3. The first kappa shape index (κ1) is 20.0. The lowest BCUT2D eigenvalue weighted by Gasteiger charge is -2.10. The van der Waals surface area contributed by atoms with Crippen molar-refractivity contribution >= 4 is 34.8 Å². The average molecular weight is 368 g/mol. The monoisotopic (exact) mass is 368 g/mol. The Hall–Kier alpha value is -3.35. The molecule has 0 radical (unpaired) electrons. The van der Waals surface area contributed by atoms with Gasteiger partial charge in [0.05, 0.1) is 6.54 Å². The molecule has 0 heterocycles. The van der Waals surface area contributed by atoms with Gasteiger partial charge in [0, 0.05) is 29.0 Å². The average Bonchev–Trinajstić information content (AvgIpc) is 2.61. The normalized spacial score (nSPS) is 10.3. The van der Waals surface area contributed by atoms with Crippen LogP contribution in [0.25, 0.3) is 0 Å². The molecule has 0 atom stereocenters. The van der Waals surface area contributed by atoms with Crippen molar-refractivity contribution in [3.8, 4) is 0 Å². The largest absolute Gasteiger partial charge is 0.376 e. The van der Waals surface area contributed by atoms with E-state index in [9.17, 15) is 14.4 Å². The Morgan fingerprint density at radius 3 is 2.04 bits per heavy atom. The molecule has 5 N–H and O–H groups in total. The minimum atomic E-state index is -0.524. The highest BCUT2D eigenvalue weighted by molar-refractivity contribution is 5.96. The van der Waals surface area contributed by atoms with Gasteiger partial charge in [0.2, 0.25) is 17.7 Å². The fraction of sp³-hybridized carbons (Fsp3) is 0.250. The first-order valence-corrected chi connectivity index (χ1v) is 8.67.